The predicted octanol–water partition coefficient (Wildman–Crippen LogP) is 4.09. The zero-order valence-electron chi connectivity index (χ0n) is 13.7. The summed E-state index contributed by atoms with van der Waals surface area (Å²) < 4.78 is 0. The summed E-state index contributed by atoms with van der Waals surface area (Å²) in [4.78, 5) is 16.6. The molecule has 4 saturated carbocycles. The summed E-state index contributed by atoms with van der Waals surface area (Å²) in [6.45, 7) is 1.66. The molecule has 0 aliphatic heterocycles. The van der Waals surface area contributed by atoms with Crippen molar-refractivity contribution in [1.82, 2.24) is 4.98 Å². The molecule has 120 valence electrons. The molecule has 3 nitrogen and oxygen atoms in total. The molecule has 1 aromatic heterocycles. The minimum atomic E-state index is 0.118. The van der Waals surface area contributed by atoms with E-state index >= 15 is 0 Å². The van der Waals surface area contributed by atoms with Crippen molar-refractivity contribution in [3.05, 3.63) is 29.1 Å². The highest BCUT2D eigenvalue weighted by Gasteiger charge is 2.48. The van der Waals surface area contributed by atoms with Crippen molar-refractivity contribution >= 4 is 17.5 Å². The molecular weight excluding hydrogens is 284 g/mol. The van der Waals surface area contributed by atoms with E-state index in [4.69, 9.17) is 0 Å². The van der Waals surface area contributed by atoms with E-state index in [0.29, 0.717) is 6.04 Å². The molecule has 1 heterocycles. The highest BCUT2D eigenvalue weighted by atomic mass is 16.1. The van der Waals surface area contributed by atoms with Crippen molar-refractivity contribution in [1.29, 1.82) is 0 Å². The maximum Gasteiger partial charge on any atom is 0.163 e. The van der Waals surface area contributed by atoms with Gasteiger partial charge in [-0.05, 0) is 62.7 Å². The number of allylic oxidation sites excluding steroid dienone is 1. The number of hydrogen-bond donors (Lipinski definition) is 1. The van der Waals surface area contributed by atoms with Crippen LogP contribution >= 0.6 is 0 Å². The SMILES string of the molecule is CC(=O)c1cnc2c(c1NC1C3CC4CC(C3)CC1C4)C=CC2. The number of nitrogens with one attached hydrogen (secondary N) is 1. The van der Waals surface area contributed by atoms with Crippen molar-refractivity contribution in [2.24, 2.45) is 23.7 Å². The van der Waals surface area contributed by atoms with Gasteiger partial charge in [0.1, 0.15) is 0 Å². The summed E-state index contributed by atoms with van der Waals surface area (Å²) in [5.41, 5.74) is 4.10. The number of fused-ring (bicyclic) bond motifs is 1. The summed E-state index contributed by atoms with van der Waals surface area (Å²) >= 11 is 0. The van der Waals surface area contributed by atoms with Crippen LogP contribution < -0.4 is 5.32 Å². The number of ketones is 1. The number of Topliss-reactive ketones (excluding diaryl/α,β-unsaturated/α-hetero) is 1. The highest BCUT2D eigenvalue weighted by Crippen LogP contribution is 2.54. The first kappa shape index (κ1) is 13.8. The predicted molar refractivity (Wildman–Crippen MR) is 91.4 cm³/mol. The van der Waals surface area contributed by atoms with Crippen LogP contribution in [0.2, 0.25) is 0 Å². The van der Waals surface area contributed by atoms with Crippen LogP contribution in [0.5, 0.6) is 0 Å². The number of pyridine rings is 1. The minimum absolute atomic E-state index is 0.118. The average Bonchev–Trinajstić information content (AvgIpc) is 2.98. The molecule has 3 heteroatoms. The topological polar surface area (TPSA) is 42.0 Å². The van der Waals surface area contributed by atoms with Gasteiger partial charge in [0, 0.05) is 24.2 Å². The molecule has 5 aliphatic carbocycles. The number of nitrogens with zero attached hydrogens (tertiary/aromatic N) is 1. The number of carbonyl (C=O) groups is 1. The Kier molecular flexibility index (Phi) is 2.95. The maximum absolute atomic E-state index is 12.1. The van der Waals surface area contributed by atoms with Crippen LogP contribution in [0.3, 0.4) is 0 Å². The van der Waals surface area contributed by atoms with Crippen molar-refractivity contribution < 1.29 is 4.79 Å². The Labute approximate surface area is 137 Å². The monoisotopic (exact) mass is 308 g/mol. The first-order chi connectivity index (χ1) is 11.2. The van der Waals surface area contributed by atoms with Crippen molar-refractivity contribution in [2.75, 3.05) is 5.32 Å². The van der Waals surface area contributed by atoms with Gasteiger partial charge in [-0.15, -0.1) is 0 Å². The number of rotatable bonds is 3. The molecule has 4 bridgehead atoms. The van der Waals surface area contributed by atoms with Gasteiger partial charge in [0.2, 0.25) is 0 Å². The van der Waals surface area contributed by atoms with Crippen molar-refractivity contribution in [2.45, 2.75) is 51.5 Å². The Morgan fingerprint density at radius 3 is 2.48 bits per heavy atom. The molecule has 1 N–H and O–H groups in total. The summed E-state index contributed by atoms with van der Waals surface area (Å²) in [7, 11) is 0. The van der Waals surface area contributed by atoms with Gasteiger partial charge >= 0.3 is 0 Å². The van der Waals surface area contributed by atoms with E-state index in [1.807, 2.05) is 0 Å². The van der Waals surface area contributed by atoms with Gasteiger partial charge in [0.25, 0.3) is 0 Å². The summed E-state index contributed by atoms with van der Waals surface area (Å²) in [5, 5.41) is 3.86. The number of carbonyl (C=O) groups excluding carboxylic acids is 1. The number of anilines is 1. The van der Waals surface area contributed by atoms with Crippen LogP contribution in [0.4, 0.5) is 5.69 Å². The van der Waals surface area contributed by atoms with Crippen LogP contribution in [0.25, 0.3) is 6.08 Å². The number of aromatic nitrogens is 1. The van der Waals surface area contributed by atoms with Gasteiger partial charge in [0.15, 0.2) is 5.78 Å². The van der Waals surface area contributed by atoms with E-state index in [9.17, 15) is 4.79 Å². The zero-order chi connectivity index (χ0) is 15.6. The molecule has 0 atom stereocenters. The lowest BCUT2D eigenvalue weighted by atomic mass is 9.54. The molecule has 23 heavy (non-hydrogen) atoms. The van der Waals surface area contributed by atoms with Crippen LogP contribution in [-0.2, 0) is 6.42 Å². The zero-order valence-corrected chi connectivity index (χ0v) is 13.7. The lowest BCUT2D eigenvalue weighted by Crippen LogP contribution is -2.51. The van der Waals surface area contributed by atoms with E-state index in [1.54, 1.807) is 13.1 Å². The van der Waals surface area contributed by atoms with Crippen LogP contribution in [0.15, 0.2) is 12.3 Å². The lowest BCUT2D eigenvalue weighted by Gasteiger charge is -2.54. The van der Waals surface area contributed by atoms with Crippen LogP contribution in [-0.4, -0.2) is 16.8 Å². The third-order valence-corrected chi connectivity index (χ3v) is 6.71. The fourth-order valence-corrected chi connectivity index (χ4v) is 5.95. The smallest absolute Gasteiger partial charge is 0.163 e. The molecule has 5 aliphatic rings. The molecule has 0 saturated heterocycles. The van der Waals surface area contributed by atoms with E-state index in [2.05, 4.69) is 22.5 Å². The maximum atomic E-state index is 12.1. The largest absolute Gasteiger partial charge is 0.381 e. The van der Waals surface area contributed by atoms with E-state index in [0.717, 1.165) is 52.6 Å². The van der Waals surface area contributed by atoms with Crippen LogP contribution in [0, 0.1) is 23.7 Å². The Balaban J connectivity index is 1.52. The molecule has 0 amide bonds. The Bertz CT molecular complexity index is 678. The third-order valence-electron chi connectivity index (χ3n) is 6.71. The van der Waals surface area contributed by atoms with Gasteiger partial charge < -0.3 is 5.32 Å². The van der Waals surface area contributed by atoms with E-state index in [1.165, 1.54) is 32.1 Å². The first-order valence-corrected chi connectivity index (χ1v) is 9.15. The molecule has 0 unspecified atom stereocenters. The molecule has 0 radical (unpaired) electrons. The molecule has 0 spiro atoms. The second kappa shape index (κ2) is 4.93. The third kappa shape index (κ3) is 2.09. The standard InChI is InChI=1S/C20H24N2O/c1-11(23)17-10-21-18-4-2-3-16(18)20(17)22-19-14-6-12-5-13(8-14)9-15(19)7-12/h2-3,10,12-15,19H,4-9H2,1H3,(H,21,22). The Morgan fingerprint density at radius 2 is 1.83 bits per heavy atom. The van der Waals surface area contributed by atoms with Gasteiger partial charge in [-0.25, -0.2) is 0 Å². The Morgan fingerprint density at radius 1 is 1.13 bits per heavy atom. The summed E-state index contributed by atoms with van der Waals surface area (Å²) in [5.74, 6) is 3.68. The Hall–Kier alpha value is -1.64. The van der Waals surface area contributed by atoms with Gasteiger partial charge in [-0.2, -0.15) is 0 Å². The summed E-state index contributed by atoms with van der Waals surface area (Å²) in [6, 6.07) is 0.557. The average molecular weight is 308 g/mol. The van der Waals surface area contributed by atoms with Crippen molar-refractivity contribution in [3.8, 4) is 0 Å². The van der Waals surface area contributed by atoms with Crippen LogP contribution in [0.1, 0.15) is 60.6 Å². The fourth-order valence-electron chi connectivity index (χ4n) is 5.95. The molecule has 6 rings (SSSR count). The second-order valence-corrected chi connectivity index (χ2v) is 8.17. The van der Waals surface area contributed by atoms with E-state index in [-0.39, 0.29) is 5.78 Å². The molecule has 0 aromatic carbocycles. The van der Waals surface area contributed by atoms with Gasteiger partial charge in [0.05, 0.1) is 16.9 Å². The molecule has 1 aromatic rings. The molecular formula is C20H24N2O. The quantitative estimate of drug-likeness (QED) is 0.855. The second-order valence-electron chi connectivity index (χ2n) is 8.17. The van der Waals surface area contributed by atoms with Crippen molar-refractivity contribution in [3.63, 3.8) is 0 Å². The highest BCUT2D eigenvalue weighted by molar-refractivity contribution is 6.01. The lowest BCUT2D eigenvalue weighted by molar-refractivity contribution is 0.00750. The van der Waals surface area contributed by atoms with Gasteiger partial charge in [-0.1, -0.05) is 12.2 Å². The molecule has 4 fully saturated rings. The van der Waals surface area contributed by atoms with Gasteiger partial charge in [-0.3, -0.25) is 9.78 Å². The van der Waals surface area contributed by atoms with E-state index < -0.39 is 0 Å². The fraction of sp³-hybridized carbons (Fsp3) is 0.600. The number of hydrogen-bond acceptors (Lipinski definition) is 3. The normalized spacial score (nSPS) is 36.3. The minimum Gasteiger partial charge on any atom is -0.381 e. The first-order valence-electron chi connectivity index (χ1n) is 9.15. The summed E-state index contributed by atoms with van der Waals surface area (Å²) in [6.07, 6.45) is 14.0.